The van der Waals surface area contributed by atoms with Crippen molar-refractivity contribution in [2.45, 2.75) is 13.0 Å². The first kappa shape index (κ1) is 17.5. The van der Waals surface area contributed by atoms with Crippen LogP contribution in [0.1, 0.15) is 17.4 Å². The van der Waals surface area contributed by atoms with Gasteiger partial charge >= 0.3 is 5.69 Å². The SMILES string of the molecule is C[C@H](COc1ccc(Cl)c(F)c1)NC(=O)c1[nH]c(=O)[nH]c(=O)c1N. The van der Waals surface area contributed by atoms with E-state index in [1.54, 1.807) is 6.92 Å². The number of nitrogen functional groups attached to an aromatic ring is 1. The van der Waals surface area contributed by atoms with E-state index in [4.69, 9.17) is 22.1 Å². The lowest BCUT2D eigenvalue weighted by molar-refractivity contribution is 0.0922. The van der Waals surface area contributed by atoms with Crippen molar-refractivity contribution in [2.24, 2.45) is 0 Å². The highest BCUT2D eigenvalue weighted by atomic mass is 35.5. The zero-order valence-corrected chi connectivity index (χ0v) is 13.2. The van der Waals surface area contributed by atoms with E-state index < -0.39 is 34.7 Å². The average molecular weight is 357 g/mol. The highest BCUT2D eigenvalue weighted by Gasteiger charge is 2.16. The molecule has 2 rings (SSSR count). The molecule has 0 bridgehead atoms. The molecule has 0 aliphatic carbocycles. The summed E-state index contributed by atoms with van der Waals surface area (Å²) in [5, 5.41) is 2.47. The number of nitrogens with one attached hydrogen (secondary N) is 3. The quantitative estimate of drug-likeness (QED) is 0.624. The topological polar surface area (TPSA) is 130 Å². The lowest BCUT2D eigenvalue weighted by Gasteiger charge is -2.15. The van der Waals surface area contributed by atoms with Crippen LogP contribution >= 0.6 is 11.6 Å². The second-order valence-electron chi connectivity index (χ2n) is 4.96. The number of benzene rings is 1. The van der Waals surface area contributed by atoms with Gasteiger partial charge in [0, 0.05) is 6.07 Å². The van der Waals surface area contributed by atoms with Gasteiger partial charge in [0.25, 0.3) is 11.5 Å². The van der Waals surface area contributed by atoms with Gasteiger partial charge in [0.2, 0.25) is 0 Å². The third-order valence-electron chi connectivity index (χ3n) is 2.98. The van der Waals surface area contributed by atoms with Crippen LogP contribution in [0.2, 0.25) is 5.02 Å². The molecule has 24 heavy (non-hydrogen) atoms. The number of rotatable bonds is 5. The molecule has 0 saturated heterocycles. The number of halogens is 2. The number of ether oxygens (including phenoxy) is 1. The normalized spacial score (nSPS) is 11.8. The van der Waals surface area contributed by atoms with E-state index in [2.05, 4.69) is 10.3 Å². The molecule has 8 nitrogen and oxygen atoms in total. The second-order valence-corrected chi connectivity index (χ2v) is 5.37. The van der Waals surface area contributed by atoms with Crippen molar-refractivity contribution in [3.8, 4) is 5.75 Å². The maximum atomic E-state index is 13.3. The molecular formula is C14H14ClFN4O4. The van der Waals surface area contributed by atoms with Gasteiger partial charge in [-0.05, 0) is 19.1 Å². The van der Waals surface area contributed by atoms with E-state index in [1.807, 2.05) is 4.98 Å². The Kier molecular flexibility index (Phi) is 5.24. The number of hydrogen-bond acceptors (Lipinski definition) is 5. The van der Waals surface area contributed by atoms with Crippen molar-refractivity contribution in [3.63, 3.8) is 0 Å². The summed E-state index contributed by atoms with van der Waals surface area (Å²) in [6.07, 6.45) is 0. The van der Waals surface area contributed by atoms with Crippen molar-refractivity contribution in [3.05, 3.63) is 55.6 Å². The fourth-order valence-corrected chi connectivity index (χ4v) is 1.92. The van der Waals surface area contributed by atoms with Gasteiger partial charge in [-0.3, -0.25) is 14.6 Å². The minimum atomic E-state index is -0.857. The van der Waals surface area contributed by atoms with E-state index in [9.17, 15) is 18.8 Å². The number of nitrogens with two attached hydrogens (primary N) is 1. The summed E-state index contributed by atoms with van der Waals surface area (Å²) in [5.74, 6) is -1.13. The number of carbonyl (C=O) groups excluding carboxylic acids is 1. The van der Waals surface area contributed by atoms with Gasteiger partial charge in [-0.1, -0.05) is 11.6 Å². The third-order valence-corrected chi connectivity index (χ3v) is 3.28. The van der Waals surface area contributed by atoms with Gasteiger partial charge in [0.05, 0.1) is 11.1 Å². The van der Waals surface area contributed by atoms with Crippen LogP contribution in [0.4, 0.5) is 10.1 Å². The molecule has 0 spiro atoms. The summed E-state index contributed by atoms with van der Waals surface area (Å²) >= 11 is 5.56. The first-order valence-electron chi connectivity index (χ1n) is 6.78. The molecule has 0 unspecified atom stereocenters. The van der Waals surface area contributed by atoms with E-state index >= 15 is 0 Å². The molecule has 1 aromatic heterocycles. The molecule has 0 aliphatic heterocycles. The number of H-pyrrole nitrogens is 2. The summed E-state index contributed by atoms with van der Waals surface area (Å²) in [6, 6.07) is 3.42. The van der Waals surface area contributed by atoms with Crippen LogP contribution in [0, 0.1) is 5.82 Å². The Labute approximate surface area is 139 Å². The van der Waals surface area contributed by atoms with Crippen molar-refractivity contribution in [2.75, 3.05) is 12.3 Å². The zero-order chi connectivity index (χ0) is 17.9. The van der Waals surface area contributed by atoms with Crippen LogP contribution in [0.5, 0.6) is 5.75 Å². The number of anilines is 1. The van der Waals surface area contributed by atoms with Gasteiger partial charge < -0.3 is 20.8 Å². The molecule has 0 fully saturated rings. The smallest absolute Gasteiger partial charge is 0.326 e. The minimum absolute atomic E-state index is 0.0140. The van der Waals surface area contributed by atoms with E-state index in [0.717, 1.165) is 6.07 Å². The standard InChI is InChI=1S/C14H14ClFN4O4/c1-6(5-24-7-2-3-8(15)9(16)4-7)18-13(22)11-10(17)12(21)20-14(23)19-11/h2-4,6H,5,17H2,1H3,(H,18,22)(H2,19,20,21,23)/t6-/m1/s1. The van der Waals surface area contributed by atoms with Crippen molar-refractivity contribution >= 4 is 23.2 Å². The molecule has 0 saturated carbocycles. The molecular weight excluding hydrogens is 343 g/mol. The Bertz CT molecular complexity index is 880. The van der Waals surface area contributed by atoms with E-state index in [0.29, 0.717) is 0 Å². The van der Waals surface area contributed by atoms with Crippen LogP contribution in [-0.4, -0.2) is 28.5 Å². The van der Waals surface area contributed by atoms with Crippen LogP contribution < -0.4 is 27.0 Å². The van der Waals surface area contributed by atoms with Crippen LogP contribution in [0.3, 0.4) is 0 Å². The highest BCUT2D eigenvalue weighted by molar-refractivity contribution is 6.30. The largest absolute Gasteiger partial charge is 0.491 e. The maximum Gasteiger partial charge on any atom is 0.326 e. The van der Waals surface area contributed by atoms with Crippen molar-refractivity contribution in [1.82, 2.24) is 15.3 Å². The molecule has 1 amide bonds. The number of aromatic amines is 2. The summed E-state index contributed by atoms with van der Waals surface area (Å²) in [4.78, 5) is 38.7. The van der Waals surface area contributed by atoms with Gasteiger partial charge in [-0.25, -0.2) is 9.18 Å². The molecule has 1 heterocycles. The van der Waals surface area contributed by atoms with Crippen molar-refractivity contribution < 1.29 is 13.9 Å². The predicted octanol–water partition coefficient (Wildman–Crippen LogP) is 0.635. The Hall–Kier alpha value is -2.81. The minimum Gasteiger partial charge on any atom is -0.491 e. The first-order valence-corrected chi connectivity index (χ1v) is 7.16. The fraction of sp³-hybridized carbons (Fsp3) is 0.214. The second kappa shape index (κ2) is 7.18. The summed E-state index contributed by atoms with van der Waals surface area (Å²) < 4.78 is 18.6. The fourth-order valence-electron chi connectivity index (χ4n) is 1.80. The molecule has 10 heteroatoms. The first-order chi connectivity index (χ1) is 11.3. The lowest BCUT2D eigenvalue weighted by atomic mass is 10.3. The van der Waals surface area contributed by atoms with Crippen LogP contribution in [0.15, 0.2) is 27.8 Å². The molecule has 2 aromatic rings. The number of aromatic nitrogens is 2. The van der Waals surface area contributed by atoms with Crippen molar-refractivity contribution in [1.29, 1.82) is 0 Å². The highest BCUT2D eigenvalue weighted by Crippen LogP contribution is 2.20. The molecule has 0 aliphatic rings. The molecule has 5 N–H and O–H groups in total. The predicted molar refractivity (Wildman–Crippen MR) is 85.9 cm³/mol. The Morgan fingerprint density at radius 1 is 1.42 bits per heavy atom. The summed E-state index contributed by atoms with van der Waals surface area (Å²) in [7, 11) is 0. The van der Waals surface area contributed by atoms with Gasteiger partial charge in [-0.15, -0.1) is 0 Å². The molecule has 128 valence electrons. The van der Waals surface area contributed by atoms with Gasteiger partial charge in [-0.2, -0.15) is 0 Å². The van der Waals surface area contributed by atoms with E-state index in [-0.39, 0.29) is 23.1 Å². The van der Waals surface area contributed by atoms with Gasteiger partial charge in [0.1, 0.15) is 29.6 Å². The molecule has 0 radical (unpaired) electrons. The summed E-state index contributed by atoms with van der Waals surface area (Å²) in [6.45, 7) is 1.63. The number of carbonyl (C=O) groups is 1. The average Bonchev–Trinajstić information content (AvgIpc) is 2.52. The zero-order valence-electron chi connectivity index (χ0n) is 12.5. The Balaban J connectivity index is 2.00. The molecule has 1 atom stereocenters. The van der Waals surface area contributed by atoms with Gasteiger partial charge in [0.15, 0.2) is 0 Å². The Morgan fingerprint density at radius 3 is 2.79 bits per heavy atom. The maximum absolute atomic E-state index is 13.3. The van der Waals surface area contributed by atoms with Crippen LogP contribution in [0.25, 0.3) is 0 Å². The number of amides is 1. The monoisotopic (exact) mass is 356 g/mol. The lowest BCUT2D eigenvalue weighted by Crippen LogP contribution is -2.40. The van der Waals surface area contributed by atoms with E-state index in [1.165, 1.54) is 12.1 Å². The summed E-state index contributed by atoms with van der Waals surface area (Å²) in [5.41, 5.74) is 3.02. The molecule has 1 aromatic carbocycles. The van der Waals surface area contributed by atoms with Crippen LogP contribution in [-0.2, 0) is 0 Å². The third kappa shape index (κ3) is 4.13. The Morgan fingerprint density at radius 2 is 2.12 bits per heavy atom. The number of hydrogen-bond donors (Lipinski definition) is 4.